The van der Waals surface area contributed by atoms with Gasteiger partial charge in [-0.15, -0.1) is 0 Å². The van der Waals surface area contributed by atoms with Crippen LogP contribution >= 0.6 is 11.6 Å². The van der Waals surface area contributed by atoms with Gasteiger partial charge in [-0.05, 0) is 56.3 Å². The lowest BCUT2D eigenvalue weighted by molar-refractivity contribution is -0.0586. The van der Waals surface area contributed by atoms with Gasteiger partial charge in [0, 0.05) is 29.4 Å². The maximum absolute atomic E-state index is 12.7. The van der Waals surface area contributed by atoms with E-state index in [-0.39, 0.29) is 23.0 Å². The van der Waals surface area contributed by atoms with E-state index in [1.807, 2.05) is 13.8 Å². The fraction of sp³-hybridized carbons (Fsp3) is 0.316. The highest BCUT2D eigenvalue weighted by Gasteiger charge is 2.26. The Morgan fingerprint density at radius 1 is 1.11 bits per heavy atom. The summed E-state index contributed by atoms with van der Waals surface area (Å²) in [6.07, 6.45) is -0.0250. The Morgan fingerprint density at radius 3 is 2.33 bits per heavy atom. The second-order valence-electron chi connectivity index (χ2n) is 6.61. The van der Waals surface area contributed by atoms with Crippen LogP contribution in [0.3, 0.4) is 0 Å². The van der Waals surface area contributed by atoms with E-state index in [9.17, 15) is 13.2 Å². The van der Waals surface area contributed by atoms with Crippen LogP contribution in [-0.4, -0.2) is 44.5 Å². The number of carbonyl (C=O) groups is 1. The summed E-state index contributed by atoms with van der Waals surface area (Å²) in [5.74, 6) is -0.0961. The van der Waals surface area contributed by atoms with Gasteiger partial charge in [-0.3, -0.25) is 9.52 Å². The Bertz CT molecular complexity index is 921. The number of halogens is 1. The highest BCUT2D eigenvalue weighted by Crippen LogP contribution is 2.21. The normalized spacial score (nSPS) is 20.3. The predicted octanol–water partition coefficient (Wildman–Crippen LogP) is 3.39. The van der Waals surface area contributed by atoms with E-state index >= 15 is 0 Å². The largest absolute Gasteiger partial charge is 0.372 e. The van der Waals surface area contributed by atoms with Crippen molar-refractivity contribution >= 4 is 33.2 Å². The van der Waals surface area contributed by atoms with Crippen LogP contribution in [0, 0.1) is 0 Å². The zero-order chi connectivity index (χ0) is 19.6. The van der Waals surface area contributed by atoms with E-state index < -0.39 is 10.0 Å². The van der Waals surface area contributed by atoms with Crippen molar-refractivity contribution in [2.45, 2.75) is 31.0 Å². The predicted molar refractivity (Wildman–Crippen MR) is 105 cm³/mol. The molecule has 2 aromatic rings. The number of sulfonamides is 1. The topological polar surface area (TPSA) is 75.7 Å². The molecular weight excluding hydrogens is 388 g/mol. The lowest BCUT2D eigenvalue weighted by Crippen LogP contribution is -2.48. The van der Waals surface area contributed by atoms with E-state index in [4.69, 9.17) is 16.3 Å². The molecule has 1 fully saturated rings. The van der Waals surface area contributed by atoms with Crippen LogP contribution in [-0.2, 0) is 14.8 Å². The quantitative estimate of drug-likeness (QED) is 0.841. The summed E-state index contributed by atoms with van der Waals surface area (Å²) in [5, 5.41) is 0.341. The van der Waals surface area contributed by atoms with Crippen molar-refractivity contribution in [2.75, 3.05) is 17.8 Å². The highest BCUT2D eigenvalue weighted by atomic mass is 35.5. The lowest BCUT2D eigenvalue weighted by Gasteiger charge is -2.35. The van der Waals surface area contributed by atoms with E-state index in [2.05, 4.69) is 4.72 Å². The zero-order valence-electron chi connectivity index (χ0n) is 15.1. The Morgan fingerprint density at radius 2 is 1.74 bits per heavy atom. The van der Waals surface area contributed by atoms with Crippen molar-refractivity contribution in [3.63, 3.8) is 0 Å². The molecule has 0 saturated carbocycles. The molecule has 2 atom stereocenters. The molecule has 27 heavy (non-hydrogen) atoms. The second-order valence-corrected chi connectivity index (χ2v) is 8.73. The third-order valence-electron chi connectivity index (χ3n) is 4.20. The number of hydrogen-bond donors (Lipinski definition) is 1. The molecule has 0 aromatic heterocycles. The molecule has 6 nitrogen and oxygen atoms in total. The number of nitrogens with one attached hydrogen (secondary N) is 1. The van der Waals surface area contributed by atoms with E-state index in [1.165, 1.54) is 12.1 Å². The van der Waals surface area contributed by atoms with Crippen LogP contribution in [0.1, 0.15) is 24.2 Å². The minimum Gasteiger partial charge on any atom is -0.372 e. The number of carbonyl (C=O) groups excluding carboxylic acids is 1. The molecule has 1 amide bonds. The van der Waals surface area contributed by atoms with Gasteiger partial charge >= 0.3 is 0 Å². The first kappa shape index (κ1) is 19.7. The summed E-state index contributed by atoms with van der Waals surface area (Å²) in [4.78, 5) is 14.5. The van der Waals surface area contributed by atoms with Crippen LogP contribution in [0.15, 0.2) is 53.4 Å². The molecule has 3 rings (SSSR count). The monoisotopic (exact) mass is 408 g/mol. The maximum Gasteiger partial charge on any atom is 0.261 e. The zero-order valence-corrected chi connectivity index (χ0v) is 16.6. The molecule has 1 aliphatic rings. The molecular formula is C19H21ClN2O4S. The van der Waals surface area contributed by atoms with Gasteiger partial charge in [-0.1, -0.05) is 17.7 Å². The molecule has 1 heterocycles. The molecule has 1 aliphatic heterocycles. The first-order valence-electron chi connectivity index (χ1n) is 8.58. The molecule has 1 saturated heterocycles. The van der Waals surface area contributed by atoms with Gasteiger partial charge in [-0.2, -0.15) is 0 Å². The van der Waals surface area contributed by atoms with Crippen molar-refractivity contribution in [1.82, 2.24) is 4.90 Å². The minimum absolute atomic E-state index is 0.0125. The molecule has 0 aliphatic carbocycles. The summed E-state index contributed by atoms with van der Waals surface area (Å²) in [6, 6.07) is 12.4. The van der Waals surface area contributed by atoms with Crippen molar-refractivity contribution in [3.05, 3.63) is 59.1 Å². The van der Waals surface area contributed by atoms with Gasteiger partial charge in [0.15, 0.2) is 0 Å². The average molecular weight is 409 g/mol. The fourth-order valence-corrected chi connectivity index (χ4v) is 4.41. The van der Waals surface area contributed by atoms with Crippen molar-refractivity contribution in [3.8, 4) is 0 Å². The number of ether oxygens (including phenoxy) is 1. The van der Waals surface area contributed by atoms with Crippen LogP contribution in [0.4, 0.5) is 5.69 Å². The Balaban J connectivity index is 1.72. The summed E-state index contributed by atoms with van der Waals surface area (Å²) in [6.45, 7) is 4.94. The third kappa shape index (κ3) is 4.80. The minimum atomic E-state index is -3.75. The van der Waals surface area contributed by atoms with Gasteiger partial charge in [0.25, 0.3) is 15.9 Å². The molecule has 0 radical (unpaired) electrons. The van der Waals surface area contributed by atoms with Crippen LogP contribution in [0.2, 0.25) is 5.02 Å². The SMILES string of the molecule is C[C@@H]1CN(C(=O)c2ccc(NS(=O)(=O)c3cccc(Cl)c3)cc2)C[C@H](C)O1. The average Bonchev–Trinajstić information content (AvgIpc) is 2.60. The summed E-state index contributed by atoms with van der Waals surface area (Å²) in [5.41, 5.74) is 0.872. The highest BCUT2D eigenvalue weighted by molar-refractivity contribution is 7.92. The molecule has 0 spiro atoms. The molecule has 0 bridgehead atoms. The Hall–Kier alpha value is -2.09. The Kier molecular flexibility index (Phi) is 5.74. The standard InChI is InChI=1S/C19H21ClN2O4S/c1-13-11-22(12-14(2)26-13)19(23)15-6-8-17(9-7-15)21-27(24,25)18-5-3-4-16(20)10-18/h3-10,13-14,21H,11-12H2,1-2H3/t13-,14+. The number of anilines is 1. The van der Waals surface area contributed by atoms with Gasteiger partial charge in [0.2, 0.25) is 0 Å². The fourth-order valence-electron chi connectivity index (χ4n) is 3.06. The molecule has 2 aromatic carbocycles. The van der Waals surface area contributed by atoms with Gasteiger partial charge in [0.05, 0.1) is 17.1 Å². The number of morpholine rings is 1. The van der Waals surface area contributed by atoms with Crippen molar-refractivity contribution in [2.24, 2.45) is 0 Å². The van der Waals surface area contributed by atoms with E-state index in [0.29, 0.717) is 29.4 Å². The van der Waals surface area contributed by atoms with Gasteiger partial charge in [0.1, 0.15) is 0 Å². The molecule has 1 N–H and O–H groups in total. The summed E-state index contributed by atoms with van der Waals surface area (Å²) < 4.78 is 33.0. The van der Waals surface area contributed by atoms with Crippen LogP contribution in [0.25, 0.3) is 0 Å². The summed E-state index contributed by atoms with van der Waals surface area (Å²) >= 11 is 5.86. The van der Waals surface area contributed by atoms with Crippen molar-refractivity contribution < 1.29 is 17.9 Å². The number of rotatable bonds is 4. The number of hydrogen-bond acceptors (Lipinski definition) is 4. The summed E-state index contributed by atoms with van der Waals surface area (Å²) in [7, 11) is -3.75. The van der Waals surface area contributed by atoms with E-state index in [1.54, 1.807) is 41.3 Å². The lowest BCUT2D eigenvalue weighted by atomic mass is 10.1. The van der Waals surface area contributed by atoms with Crippen molar-refractivity contribution in [1.29, 1.82) is 0 Å². The van der Waals surface area contributed by atoms with Crippen LogP contribution < -0.4 is 4.72 Å². The third-order valence-corrected chi connectivity index (χ3v) is 5.81. The Labute approximate surface area is 164 Å². The number of nitrogens with zero attached hydrogens (tertiary/aromatic N) is 1. The molecule has 144 valence electrons. The van der Waals surface area contributed by atoms with Crippen LogP contribution in [0.5, 0.6) is 0 Å². The number of benzene rings is 2. The molecule has 8 heteroatoms. The smallest absolute Gasteiger partial charge is 0.261 e. The first-order chi connectivity index (χ1) is 12.7. The number of amides is 1. The van der Waals surface area contributed by atoms with Gasteiger partial charge in [-0.25, -0.2) is 8.42 Å². The second kappa shape index (κ2) is 7.88. The van der Waals surface area contributed by atoms with Gasteiger partial charge < -0.3 is 9.64 Å². The molecule has 0 unspecified atom stereocenters. The first-order valence-corrected chi connectivity index (χ1v) is 10.4. The maximum atomic E-state index is 12.7. The van der Waals surface area contributed by atoms with E-state index in [0.717, 1.165) is 0 Å².